The van der Waals surface area contributed by atoms with Gasteiger partial charge in [0.1, 0.15) is 5.82 Å². The monoisotopic (exact) mass is 330 g/mol. The fraction of sp³-hybridized carbons (Fsp3) is 0.500. The smallest absolute Gasteiger partial charge is 0.234 e. The number of carbonyl (C=O) groups is 1. The van der Waals surface area contributed by atoms with Gasteiger partial charge in [-0.05, 0) is 26.0 Å². The van der Waals surface area contributed by atoms with E-state index in [1.165, 1.54) is 0 Å². The standard InChI is InChI=1S/C16H22N6O2/c1-11-8-22(9-12(2)24-11)10-15(23)18-7-14-19-16(21-20-14)13-3-5-17-6-4-13/h3-6,11-12H,7-10H2,1-2H3,(H,18,23)(H,19,20,21)/t11-,12+. The molecule has 1 amide bonds. The van der Waals surface area contributed by atoms with Crippen molar-refractivity contribution in [3.63, 3.8) is 0 Å². The molecule has 0 spiro atoms. The molecule has 1 saturated heterocycles. The zero-order valence-electron chi connectivity index (χ0n) is 13.9. The van der Waals surface area contributed by atoms with Crippen LogP contribution in [0.4, 0.5) is 0 Å². The van der Waals surface area contributed by atoms with Crippen LogP contribution >= 0.6 is 0 Å². The molecule has 8 nitrogen and oxygen atoms in total. The van der Waals surface area contributed by atoms with E-state index >= 15 is 0 Å². The maximum absolute atomic E-state index is 12.1. The number of hydrogen-bond acceptors (Lipinski definition) is 6. The Hall–Kier alpha value is -2.32. The van der Waals surface area contributed by atoms with E-state index in [0.717, 1.165) is 18.7 Å². The number of hydrogen-bond donors (Lipinski definition) is 2. The van der Waals surface area contributed by atoms with E-state index in [1.54, 1.807) is 12.4 Å². The van der Waals surface area contributed by atoms with Crippen LogP contribution in [-0.2, 0) is 16.1 Å². The van der Waals surface area contributed by atoms with E-state index < -0.39 is 0 Å². The maximum atomic E-state index is 12.1. The van der Waals surface area contributed by atoms with E-state index in [1.807, 2.05) is 26.0 Å². The fourth-order valence-electron chi connectivity index (χ4n) is 2.86. The van der Waals surface area contributed by atoms with Crippen molar-refractivity contribution in [1.29, 1.82) is 0 Å². The minimum absolute atomic E-state index is 0.0295. The van der Waals surface area contributed by atoms with Crippen LogP contribution in [0, 0.1) is 0 Å². The third-order valence-electron chi connectivity index (χ3n) is 3.79. The second kappa shape index (κ2) is 7.50. The summed E-state index contributed by atoms with van der Waals surface area (Å²) < 4.78 is 5.67. The van der Waals surface area contributed by atoms with Crippen molar-refractivity contribution in [3.05, 3.63) is 30.4 Å². The Morgan fingerprint density at radius 1 is 1.33 bits per heavy atom. The summed E-state index contributed by atoms with van der Waals surface area (Å²) in [6.45, 7) is 6.28. The van der Waals surface area contributed by atoms with Crippen LogP contribution in [0.5, 0.6) is 0 Å². The van der Waals surface area contributed by atoms with E-state index in [0.29, 0.717) is 24.7 Å². The molecule has 0 aliphatic carbocycles. The van der Waals surface area contributed by atoms with E-state index in [4.69, 9.17) is 4.74 Å². The highest BCUT2D eigenvalue weighted by atomic mass is 16.5. The maximum Gasteiger partial charge on any atom is 0.234 e. The summed E-state index contributed by atoms with van der Waals surface area (Å²) in [5, 5.41) is 9.88. The quantitative estimate of drug-likeness (QED) is 0.833. The number of nitrogens with zero attached hydrogens (tertiary/aromatic N) is 4. The molecule has 3 heterocycles. The summed E-state index contributed by atoms with van der Waals surface area (Å²) in [5.74, 6) is 1.19. The van der Waals surface area contributed by atoms with Gasteiger partial charge in [-0.25, -0.2) is 4.98 Å². The van der Waals surface area contributed by atoms with Crippen molar-refractivity contribution in [2.45, 2.75) is 32.6 Å². The second-order valence-corrected chi connectivity index (χ2v) is 6.07. The molecule has 0 saturated carbocycles. The van der Waals surface area contributed by atoms with Crippen molar-refractivity contribution in [3.8, 4) is 11.4 Å². The van der Waals surface area contributed by atoms with Crippen LogP contribution < -0.4 is 5.32 Å². The molecule has 3 rings (SSSR count). The average molecular weight is 330 g/mol. The Bertz CT molecular complexity index is 664. The normalized spacial score (nSPS) is 21.6. The van der Waals surface area contributed by atoms with Crippen molar-refractivity contribution in [2.24, 2.45) is 0 Å². The molecule has 2 N–H and O–H groups in total. The Balaban J connectivity index is 1.49. The molecular weight excluding hydrogens is 308 g/mol. The van der Waals surface area contributed by atoms with Gasteiger partial charge in [0.25, 0.3) is 0 Å². The third kappa shape index (κ3) is 4.36. The first-order valence-corrected chi connectivity index (χ1v) is 8.06. The van der Waals surface area contributed by atoms with Crippen molar-refractivity contribution in [1.82, 2.24) is 30.4 Å². The first kappa shape index (κ1) is 16.5. The predicted octanol–water partition coefficient (Wildman–Crippen LogP) is 0.592. The number of aromatic nitrogens is 4. The lowest BCUT2D eigenvalue weighted by Gasteiger charge is -2.34. The minimum atomic E-state index is -0.0295. The van der Waals surface area contributed by atoms with Gasteiger partial charge >= 0.3 is 0 Å². The number of ether oxygens (including phenoxy) is 1. The summed E-state index contributed by atoms with van der Waals surface area (Å²) >= 11 is 0. The molecule has 2 aromatic rings. The highest BCUT2D eigenvalue weighted by molar-refractivity contribution is 5.77. The van der Waals surface area contributed by atoms with Crippen molar-refractivity contribution in [2.75, 3.05) is 19.6 Å². The molecule has 2 atom stereocenters. The Morgan fingerprint density at radius 3 is 2.75 bits per heavy atom. The molecule has 0 unspecified atom stereocenters. The lowest BCUT2D eigenvalue weighted by atomic mass is 10.2. The minimum Gasteiger partial charge on any atom is -0.373 e. The Morgan fingerprint density at radius 2 is 2.04 bits per heavy atom. The molecule has 8 heteroatoms. The van der Waals surface area contributed by atoms with Gasteiger partial charge in [0.2, 0.25) is 5.91 Å². The van der Waals surface area contributed by atoms with Crippen molar-refractivity contribution >= 4 is 5.91 Å². The lowest BCUT2D eigenvalue weighted by Crippen LogP contribution is -2.49. The van der Waals surface area contributed by atoms with Gasteiger partial charge in [-0.15, -0.1) is 0 Å². The zero-order chi connectivity index (χ0) is 16.9. The highest BCUT2D eigenvalue weighted by Crippen LogP contribution is 2.12. The summed E-state index contributed by atoms with van der Waals surface area (Å²) in [7, 11) is 0. The predicted molar refractivity (Wildman–Crippen MR) is 87.9 cm³/mol. The number of pyridine rings is 1. The molecule has 0 radical (unpaired) electrons. The summed E-state index contributed by atoms with van der Waals surface area (Å²) in [6.07, 6.45) is 3.69. The number of rotatable bonds is 5. The van der Waals surface area contributed by atoms with Gasteiger partial charge in [-0.1, -0.05) is 0 Å². The molecule has 1 aliphatic heterocycles. The molecule has 128 valence electrons. The molecule has 1 fully saturated rings. The molecule has 0 bridgehead atoms. The molecule has 2 aromatic heterocycles. The van der Waals surface area contributed by atoms with E-state index in [9.17, 15) is 4.79 Å². The first-order chi connectivity index (χ1) is 11.6. The molecule has 24 heavy (non-hydrogen) atoms. The zero-order valence-corrected chi connectivity index (χ0v) is 13.9. The van der Waals surface area contributed by atoms with Gasteiger partial charge in [0.15, 0.2) is 5.82 Å². The number of aromatic amines is 1. The molecule has 1 aliphatic rings. The number of amides is 1. The van der Waals surface area contributed by atoms with Gasteiger partial charge in [0, 0.05) is 31.0 Å². The second-order valence-electron chi connectivity index (χ2n) is 6.07. The number of nitrogens with one attached hydrogen (secondary N) is 2. The molecular formula is C16H22N6O2. The van der Waals surface area contributed by atoms with Gasteiger partial charge in [-0.3, -0.25) is 19.8 Å². The van der Waals surface area contributed by atoms with Crippen LogP contribution in [0.15, 0.2) is 24.5 Å². The highest BCUT2D eigenvalue weighted by Gasteiger charge is 2.23. The molecule has 0 aromatic carbocycles. The summed E-state index contributed by atoms with van der Waals surface area (Å²) in [4.78, 5) is 22.6. The lowest BCUT2D eigenvalue weighted by molar-refractivity contribution is -0.126. The largest absolute Gasteiger partial charge is 0.373 e. The number of morpholine rings is 1. The topological polar surface area (TPSA) is 96.0 Å². The van der Waals surface area contributed by atoms with Crippen LogP contribution in [0.1, 0.15) is 19.7 Å². The van der Waals surface area contributed by atoms with Crippen LogP contribution in [0.2, 0.25) is 0 Å². The number of H-pyrrole nitrogens is 1. The van der Waals surface area contributed by atoms with Crippen molar-refractivity contribution < 1.29 is 9.53 Å². The van der Waals surface area contributed by atoms with Gasteiger partial charge < -0.3 is 10.1 Å². The Labute approximate surface area is 140 Å². The van der Waals surface area contributed by atoms with E-state index in [2.05, 4.69) is 30.4 Å². The summed E-state index contributed by atoms with van der Waals surface area (Å²) in [5.41, 5.74) is 0.884. The first-order valence-electron chi connectivity index (χ1n) is 8.06. The SMILES string of the molecule is C[C@@H]1CN(CC(=O)NCc2nc(-c3ccncc3)n[nH]2)C[C@H](C)O1. The fourth-order valence-corrected chi connectivity index (χ4v) is 2.86. The van der Waals surface area contributed by atoms with Gasteiger partial charge in [0.05, 0.1) is 25.3 Å². The van der Waals surface area contributed by atoms with Crippen LogP contribution in [0.3, 0.4) is 0 Å². The number of carbonyl (C=O) groups excluding carboxylic acids is 1. The average Bonchev–Trinajstić information content (AvgIpc) is 3.02. The third-order valence-corrected chi connectivity index (χ3v) is 3.79. The van der Waals surface area contributed by atoms with Crippen LogP contribution in [0.25, 0.3) is 11.4 Å². The summed E-state index contributed by atoms with van der Waals surface area (Å²) in [6, 6.07) is 3.68. The van der Waals surface area contributed by atoms with Crippen LogP contribution in [-0.4, -0.2) is 62.8 Å². The van der Waals surface area contributed by atoms with E-state index in [-0.39, 0.29) is 18.1 Å². The van der Waals surface area contributed by atoms with Gasteiger partial charge in [-0.2, -0.15) is 5.10 Å². The Kier molecular flexibility index (Phi) is 5.17.